The molecule has 0 radical (unpaired) electrons. The minimum Gasteiger partial charge on any atom is -0.310 e. The second-order valence-corrected chi connectivity index (χ2v) is 3.36. The number of halogens is 1. The zero-order valence-electron chi connectivity index (χ0n) is 6.90. The smallest absolute Gasteiger partial charge is 0.235 e. The summed E-state index contributed by atoms with van der Waals surface area (Å²) >= 11 is 3.03. The molecule has 1 heterocycles. The molecule has 0 bridgehead atoms. The van der Waals surface area contributed by atoms with Crippen LogP contribution < -0.4 is 0 Å². The summed E-state index contributed by atoms with van der Waals surface area (Å²) < 4.78 is 0. The zero-order valence-corrected chi connectivity index (χ0v) is 8.49. The third-order valence-electron chi connectivity index (χ3n) is 2.09. The van der Waals surface area contributed by atoms with E-state index in [0.29, 0.717) is 12.8 Å². The Morgan fingerprint density at radius 1 is 1.38 bits per heavy atom. The van der Waals surface area contributed by atoms with E-state index in [2.05, 4.69) is 15.9 Å². The number of hydrogen-bond donors (Lipinski definition) is 0. The molecule has 13 heavy (non-hydrogen) atoms. The van der Waals surface area contributed by atoms with Gasteiger partial charge in [0, 0.05) is 0 Å². The van der Waals surface area contributed by atoms with Gasteiger partial charge in [0.15, 0.2) is 0 Å². The van der Waals surface area contributed by atoms with Crippen molar-refractivity contribution in [1.82, 2.24) is 4.90 Å². The number of amides is 1. The van der Waals surface area contributed by atoms with Crippen LogP contribution in [0.2, 0.25) is 0 Å². The van der Waals surface area contributed by atoms with Crippen molar-refractivity contribution < 1.29 is 4.79 Å². The van der Waals surface area contributed by atoms with Crippen molar-refractivity contribution in [2.24, 2.45) is 0 Å². The lowest BCUT2D eigenvalue weighted by atomic mass is 10.2. The van der Waals surface area contributed by atoms with Crippen LogP contribution in [0.5, 0.6) is 0 Å². The molecular weight excluding hydrogens is 234 g/mol. The van der Waals surface area contributed by atoms with Crippen molar-refractivity contribution in [2.45, 2.75) is 24.9 Å². The van der Waals surface area contributed by atoms with Crippen LogP contribution in [0, 0.1) is 22.7 Å². The predicted molar refractivity (Wildman–Crippen MR) is 48.7 cm³/mol. The Kier molecular flexibility index (Phi) is 3.27. The molecule has 0 spiro atoms. The maximum atomic E-state index is 11.3. The molecule has 0 saturated carbocycles. The summed E-state index contributed by atoms with van der Waals surface area (Å²) in [5.74, 6) is -0.185. The van der Waals surface area contributed by atoms with Crippen LogP contribution >= 0.6 is 15.9 Å². The molecule has 1 aliphatic heterocycles. The number of alkyl halides is 1. The van der Waals surface area contributed by atoms with Gasteiger partial charge in [-0.3, -0.25) is 4.79 Å². The van der Waals surface area contributed by atoms with E-state index in [4.69, 9.17) is 10.5 Å². The van der Waals surface area contributed by atoms with Crippen molar-refractivity contribution in [3.05, 3.63) is 0 Å². The van der Waals surface area contributed by atoms with Gasteiger partial charge in [-0.1, -0.05) is 15.9 Å². The van der Waals surface area contributed by atoms with Gasteiger partial charge in [0.25, 0.3) is 0 Å². The monoisotopic (exact) mass is 241 g/mol. The molecule has 0 N–H and O–H groups in total. The molecule has 1 saturated heterocycles. The molecule has 0 aromatic carbocycles. The number of rotatable bonds is 1. The lowest BCUT2D eigenvalue weighted by Crippen LogP contribution is -2.40. The molecule has 0 aromatic rings. The van der Waals surface area contributed by atoms with E-state index in [9.17, 15) is 4.79 Å². The Morgan fingerprint density at radius 2 is 1.85 bits per heavy atom. The van der Waals surface area contributed by atoms with Crippen LogP contribution in [0.3, 0.4) is 0 Å². The molecule has 4 nitrogen and oxygen atoms in total. The highest BCUT2D eigenvalue weighted by Gasteiger charge is 2.36. The molecule has 0 aliphatic carbocycles. The van der Waals surface area contributed by atoms with E-state index >= 15 is 0 Å². The van der Waals surface area contributed by atoms with Crippen LogP contribution in [0.4, 0.5) is 0 Å². The first-order valence-corrected chi connectivity index (χ1v) is 5.03. The summed E-state index contributed by atoms with van der Waals surface area (Å²) in [6, 6.07) is 3.21. The highest BCUT2D eigenvalue weighted by Crippen LogP contribution is 2.23. The van der Waals surface area contributed by atoms with Crippen molar-refractivity contribution in [3.8, 4) is 12.1 Å². The summed E-state index contributed by atoms with van der Waals surface area (Å²) in [4.78, 5) is 12.7. The highest BCUT2D eigenvalue weighted by atomic mass is 79.9. The van der Waals surface area contributed by atoms with Gasteiger partial charge in [0.1, 0.15) is 12.1 Å². The van der Waals surface area contributed by atoms with Gasteiger partial charge in [0.2, 0.25) is 5.91 Å². The van der Waals surface area contributed by atoms with E-state index in [-0.39, 0.29) is 11.2 Å². The molecular formula is C8H8BrN3O. The van der Waals surface area contributed by atoms with Gasteiger partial charge in [-0.05, 0) is 12.8 Å². The summed E-state index contributed by atoms with van der Waals surface area (Å²) in [6.07, 6.45) is 1.21. The van der Waals surface area contributed by atoms with Gasteiger partial charge in [-0.2, -0.15) is 10.5 Å². The lowest BCUT2D eigenvalue weighted by Gasteiger charge is -2.21. The molecule has 0 unspecified atom stereocenters. The Labute approximate surface area is 84.9 Å². The van der Waals surface area contributed by atoms with Crippen LogP contribution in [0.15, 0.2) is 0 Å². The first-order chi connectivity index (χ1) is 6.24. The summed E-state index contributed by atoms with van der Waals surface area (Å²) in [7, 11) is 0. The van der Waals surface area contributed by atoms with Crippen molar-refractivity contribution >= 4 is 21.8 Å². The Balaban J connectivity index is 2.82. The Morgan fingerprint density at radius 3 is 2.15 bits per heavy atom. The number of nitrogens with zero attached hydrogens (tertiary/aromatic N) is 3. The topological polar surface area (TPSA) is 67.9 Å². The van der Waals surface area contributed by atoms with Gasteiger partial charge < -0.3 is 4.90 Å². The van der Waals surface area contributed by atoms with Crippen molar-refractivity contribution in [1.29, 1.82) is 10.5 Å². The molecule has 2 atom stereocenters. The largest absolute Gasteiger partial charge is 0.310 e. The Hall–Kier alpha value is -1.07. The summed E-state index contributed by atoms with van der Waals surface area (Å²) in [5, 5.41) is 17.6. The van der Waals surface area contributed by atoms with E-state index in [0.717, 1.165) is 0 Å². The fraction of sp³-hybridized carbons (Fsp3) is 0.625. The van der Waals surface area contributed by atoms with E-state index in [1.165, 1.54) is 4.90 Å². The number of likely N-dealkylation sites (tertiary alicyclic amines) is 1. The third kappa shape index (κ3) is 1.81. The maximum absolute atomic E-state index is 11.3. The quantitative estimate of drug-likeness (QED) is 0.638. The average molecular weight is 242 g/mol. The molecule has 1 aliphatic rings. The highest BCUT2D eigenvalue weighted by molar-refractivity contribution is 9.09. The van der Waals surface area contributed by atoms with Crippen LogP contribution in [-0.4, -0.2) is 28.2 Å². The number of hydrogen-bond acceptors (Lipinski definition) is 3. The number of nitriles is 2. The normalized spacial score (nSPS) is 26.5. The van der Waals surface area contributed by atoms with E-state index < -0.39 is 12.1 Å². The Bertz CT molecular complexity index is 269. The van der Waals surface area contributed by atoms with Crippen LogP contribution in [0.25, 0.3) is 0 Å². The van der Waals surface area contributed by atoms with Gasteiger partial charge in [-0.25, -0.2) is 0 Å². The first kappa shape index (κ1) is 10.0. The fourth-order valence-corrected chi connectivity index (χ4v) is 1.77. The standard InChI is InChI=1S/C8H8BrN3O/c9-3-8(13)12-6(4-10)1-2-7(12)5-11/h6-7H,1-3H2/t6-,7+. The molecule has 1 fully saturated rings. The van der Waals surface area contributed by atoms with E-state index in [1.807, 2.05) is 12.1 Å². The minimum absolute atomic E-state index is 0.170. The second kappa shape index (κ2) is 4.25. The van der Waals surface area contributed by atoms with E-state index in [1.54, 1.807) is 0 Å². The number of carbonyl (C=O) groups excluding carboxylic acids is 1. The molecule has 68 valence electrons. The van der Waals surface area contributed by atoms with Crippen molar-refractivity contribution in [2.75, 3.05) is 5.33 Å². The van der Waals surface area contributed by atoms with Gasteiger partial charge >= 0.3 is 0 Å². The predicted octanol–water partition coefficient (Wildman–Crippen LogP) is 0.788. The molecule has 0 aromatic heterocycles. The first-order valence-electron chi connectivity index (χ1n) is 3.91. The van der Waals surface area contributed by atoms with Gasteiger partial charge in [0.05, 0.1) is 17.5 Å². The maximum Gasteiger partial charge on any atom is 0.235 e. The molecule has 5 heteroatoms. The molecule has 1 rings (SSSR count). The molecule has 1 amide bonds. The zero-order chi connectivity index (χ0) is 9.84. The average Bonchev–Trinajstić information content (AvgIpc) is 2.59. The van der Waals surface area contributed by atoms with Gasteiger partial charge in [-0.15, -0.1) is 0 Å². The number of carbonyl (C=O) groups is 1. The second-order valence-electron chi connectivity index (χ2n) is 2.80. The summed E-state index contributed by atoms with van der Waals surface area (Å²) in [6.45, 7) is 0. The fourth-order valence-electron chi connectivity index (χ4n) is 1.48. The third-order valence-corrected chi connectivity index (χ3v) is 2.57. The SMILES string of the molecule is N#C[C@@H]1CC[C@H](C#N)N1C(=O)CBr. The van der Waals surface area contributed by atoms with Crippen LogP contribution in [-0.2, 0) is 4.79 Å². The lowest BCUT2D eigenvalue weighted by molar-refractivity contribution is -0.129. The summed E-state index contributed by atoms with van der Waals surface area (Å²) in [5.41, 5.74) is 0. The van der Waals surface area contributed by atoms with Crippen LogP contribution in [0.1, 0.15) is 12.8 Å². The minimum atomic E-state index is -0.422. The van der Waals surface area contributed by atoms with Crippen molar-refractivity contribution in [3.63, 3.8) is 0 Å².